The van der Waals surface area contributed by atoms with E-state index in [9.17, 15) is 10.1 Å². The van der Waals surface area contributed by atoms with Crippen LogP contribution in [0.3, 0.4) is 0 Å². The molecule has 5 heteroatoms. The fourth-order valence-electron chi connectivity index (χ4n) is 2.41. The molecule has 0 bridgehead atoms. The fourth-order valence-corrected chi connectivity index (χ4v) is 2.41. The summed E-state index contributed by atoms with van der Waals surface area (Å²) in [5.74, 6) is 0.115. The molecule has 0 radical (unpaired) electrons. The lowest BCUT2D eigenvalue weighted by Crippen LogP contribution is -2.25. The van der Waals surface area contributed by atoms with Crippen molar-refractivity contribution in [3.63, 3.8) is 0 Å². The summed E-state index contributed by atoms with van der Waals surface area (Å²) >= 11 is 0. The van der Waals surface area contributed by atoms with Crippen LogP contribution in [0.15, 0.2) is 30.5 Å². The van der Waals surface area contributed by atoms with Gasteiger partial charge in [0.25, 0.3) is 0 Å². The third kappa shape index (κ3) is 3.34. The first-order valence-corrected chi connectivity index (χ1v) is 7.59. The number of benzene rings is 1. The van der Waals surface area contributed by atoms with Crippen molar-refractivity contribution in [1.29, 1.82) is 5.26 Å². The van der Waals surface area contributed by atoms with Gasteiger partial charge in [0.2, 0.25) is 5.91 Å². The number of hydrogen-bond donors (Lipinski definition) is 2. The Hall–Kier alpha value is -2.61. The van der Waals surface area contributed by atoms with Gasteiger partial charge in [-0.25, -0.2) is 0 Å². The van der Waals surface area contributed by atoms with E-state index in [1.807, 2.05) is 24.3 Å². The van der Waals surface area contributed by atoms with E-state index in [4.69, 9.17) is 0 Å². The number of anilines is 1. The van der Waals surface area contributed by atoms with E-state index in [0.717, 1.165) is 35.9 Å². The standard InChI is InChI=1S/C17H18N4O/c18-10-12-11-20-15-5-2-1-4-14(15)17(12)19-9-3-6-16(22)21-13-7-8-13/h1-2,4-5,11,13H,3,6-9H2,(H,19,20)(H,21,22). The van der Waals surface area contributed by atoms with Gasteiger partial charge in [-0.2, -0.15) is 5.26 Å². The van der Waals surface area contributed by atoms with Gasteiger partial charge in [-0.1, -0.05) is 18.2 Å². The Morgan fingerprint density at radius 3 is 2.95 bits per heavy atom. The first-order chi connectivity index (χ1) is 10.8. The summed E-state index contributed by atoms with van der Waals surface area (Å²) in [5, 5.41) is 16.4. The van der Waals surface area contributed by atoms with E-state index in [1.54, 1.807) is 6.20 Å². The van der Waals surface area contributed by atoms with Gasteiger partial charge in [0, 0.05) is 30.6 Å². The van der Waals surface area contributed by atoms with Crippen LogP contribution in [-0.4, -0.2) is 23.5 Å². The lowest BCUT2D eigenvalue weighted by Gasteiger charge is -2.11. The quantitative estimate of drug-likeness (QED) is 0.803. The molecule has 2 N–H and O–H groups in total. The molecule has 2 aromatic rings. The van der Waals surface area contributed by atoms with Crippen LogP contribution in [0.5, 0.6) is 0 Å². The average Bonchev–Trinajstić information content (AvgIpc) is 3.35. The summed E-state index contributed by atoms with van der Waals surface area (Å²) in [7, 11) is 0. The summed E-state index contributed by atoms with van der Waals surface area (Å²) in [6, 6.07) is 10.3. The highest BCUT2D eigenvalue weighted by Crippen LogP contribution is 2.25. The van der Waals surface area contributed by atoms with E-state index in [0.29, 0.717) is 24.6 Å². The maximum atomic E-state index is 11.6. The normalized spacial score (nSPS) is 13.6. The molecular weight excluding hydrogens is 276 g/mol. The number of nitriles is 1. The summed E-state index contributed by atoms with van der Waals surface area (Å²) in [5.41, 5.74) is 2.19. The van der Waals surface area contributed by atoms with Crippen molar-refractivity contribution < 1.29 is 4.79 Å². The molecule has 0 saturated heterocycles. The van der Waals surface area contributed by atoms with Gasteiger partial charge in [0.05, 0.1) is 16.8 Å². The zero-order chi connectivity index (χ0) is 15.4. The molecule has 1 amide bonds. The molecule has 5 nitrogen and oxygen atoms in total. The number of nitrogens with one attached hydrogen (secondary N) is 2. The zero-order valence-corrected chi connectivity index (χ0v) is 12.3. The summed E-state index contributed by atoms with van der Waals surface area (Å²) < 4.78 is 0. The van der Waals surface area contributed by atoms with Crippen molar-refractivity contribution in [1.82, 2.24) is 10.3 Å². The molecule has 0 aliphatic heterocycles. The number of aromatic nitrogens is 1. The van der Waals surface area contributed by atoms with Crippen LogP contribution < -0.4 is 10.6 Å². The first kappa shape index (κ1) is 14.3. The molecule has 1 aliphatic carbocycles. The van der Waals surface area contributed by atoms with E-state index in [1.165, 1.54) is 0 Å². The molecule has 1 heterocycles. The second-order valence-electron chi connectivity index (χ2n) is 5.55. The van der Waals surface area contributed by atoms with Crippen LogP contribution in [0.2, 0.25) is 0 Å². The minimum atomic E-state index is 0.115. The molecular formula is C17H18N4O. The molecule has 1 saturated carbocycles. The monoisotopic (exact) mass is 294 g/mol. The van der Waals surface area contributed by atoms with Gasteiger partial charge in [-0.3, -0.25) is 9.78 Å². The van der Waals surface area contributed by atoms with Crippen LogP contribution in [-0.2, 0) is 4.79 Å². The first-order valence-electron chi connectivity index (χ1n) is 7.59. The topological polar surface area (TPSA) is 77.8 Å². The van der Waals surface area contributed by atoms with Crippen LogP contribution in [0.1, 0.15) is 31.2 Å². The maximum Gasteiger partial charge on any atom is 0.220 e. The van der Waals surface area contributed by atoms with Crippen molar-refractivity contribution in [3.05, 3.63) is 36.0 Å². The van der Waals surface area contributed by atoms with Crippen molar-refractivity contribution in [2.24, 2.45) is 0 Å². The number of fused-ring (bicyclic) bond motifs is 1. The summed E-state index contributed by atoms with van der Waals surface area (Å²) in [6.45, 7) is 0.654. The fraction of sp³-hybridized carbons (Fsp3) is 0.353. The Bertz CT molecular complexity index is 731. The van der Waals surface area contributed by atoms with Crippen molar-refractivity contribution in [3.8, 4) is 6.07 Å². The van der Waals surface area contributed by atoms with E-state index >= 15 is 0 Å². The van der Waals surface area contributed by atoms with E-state index in [2.05, 4.69) is 21.7 Å². The molecule has 1 aliphatic rings. The van der Waals surface area contributed by atoms with Gasteiger partial charge in [-0.15, -0.1) is 0 Å². The van der Waals surface area contributed by atoms with Crippen LogP contribution >= 0.6 is 0 Å². The average molecular weight is 294 g/mol. The largest absolute Gasteiger partial charge is 0.383 e. The van der Waals surface area contributed by atoms with Crippen molar-refractivity contribution >= 4 is 22.5 Å². The number of rotatable bonds is 6. The molecule has 0 spiro atoms. The second-order valence-corrected chi connectivity index (χ2v) is 5.55. The molecule has 0 unspecified atom stereocenters. The molecule has 1 fully saturated rings. The van der Waals surface area contributed by atoms with Crippen LogP contribution in [0.4, 0.5) is 5.69 Å². The third-order valence-corrected chi connectivity index (χ3v) is 3.72. The third-order valence-electron chi connectivity index (χ3n) is 3.72. The number of pyridine rings is 1. The van der Waals surface area contributed by atoms with E-state index < -0.39 is 0 Å². The van der Waals surface area contributed by atoms with Gasteiger partial charge in [0.1, 0.15) is 6.07 Å². The Morgan fingerprint density at radius 2 is 2.18 bits per heavy atom. The van der Waals surface area contributed by atoms with Gasteiger partial charge < -0.3 is 10.6 Å². The number of para-hydroxylation sites is 1. The highest BCUT2D eigenvalue weighted by atomic mass is 16.1. The molecule has 112 valence electrons. The predicted molar refractivity (Wildman–Crippen MR) is 85.3 cm³/mol. The van der Waals surface area contributed by atoms with Crippen LogP contribution in [0.25, 0.3) is 10.9 Å². The molecule has 3 rings (SSSR count). The smallest absolute Gasteiger partial charge is 0.220 e. The number of amides is 1. The Morgan fingerprint density at radius 1 is 1.36 bits per heavy atom. The van der Waals surface area contributed by atoms with Gasteiger partial charge >= 0.3 is 0 Å². The molecule has 1 aromatic heterocycles. The minimum Gasteiger partial charge on any atom is -0.383 e. The van der Waals surface area contributed by atoms with Crippen molar-refractivity contribution in [2.45, 2.75) is 31.7 Å². The lowest BCUT2D eigenvalue weighted by molar-refractivity contribution is -0.121. The summed E-state index contributed by atoms with van der Waals surface area (Å²) in [4.78, 5) is 15.9. The maximum absolute atomic E-state index is 11.6. The lowest BCUT2D eigenvalue weighted by atomic mass is 10.1. The summed E-state index contributed by atoms with van der Waals surface area (Å²) in [6.07, 6.45) is 5.05. The molecule has 1 aromatic carbocycles. The second kappa shape index (κ2) is 6.44. The minimum absolute atomic E-state index is 0.115. The number of carbonyl (C=O) groups is 1. The highest BCUT2D eigenvalue weighted by molar-refractivity contribution is 5.93. The Balaban J connectivity index is 1.62. The number of nitrogens with zero attached hydrogens (tertiary/aromatic N) is 2. The zero-order valence-electron chi connectivity index (χ0n) is 12.3. The van der Waals surface area contributed by atoms with Crippen LogP contribution in [0, 0.1) is 11.3 Å². The highest BCUT2D eigenvalue weighted by Gasteiger charge is 2.22. The Kier molecular flexibility index (Phi) is 4.19. The number of hydrogen-bond acceptors (Lipinski definition) is 4. The molecule has 22 heavy (non-hydrogen) atoms. The SMILES string of the molecule is N#Cc1cnc2ccccc2c1NCCCC(=O)NC1CC1. The predicted octanol–water partition coefficient (Wildman–Crippen LogP) is 2.58. The van der Waals surface area contributed by atoms with Gasteiger partial charge in [0.15, 0.2) is 0 Å². The van der Waals surface area contributed by atoms with E-state index in [-0.39, 0.29) is 5.91 Å². The molecule has 0 atom stereocenters. The number of carbonyl (C=O) groups excluding carboxylic acids is 1. The Labute approximate surface area is 129 Å². The van der Waals surface area contributed by atoms with Crippen molar-refractivity contribution in [2.75, 3.05) is 11.9 Å². The van der Waals surface area contributed by atoms with Gasteiger partial charge in [-0.05, 0) is 25.3 Å².